The summed E-state index contributed by atoms with van der Waals surface area (Å²) in [4.78, 5) is 17.5. The zero-order chi connectivity index (χ0) is 15.7. The SMILES string of the molecule is NS(=O)(=O)CCN1CCN(C(=O)c2sccc2C2CC2)CC1. The van der Waals surface area contributed by atoms with Gasteiger partial charge in [-0.05, 0) is 35.8 Å². The van der Waals surface area contributed by atoms with Crippen LogP contribution >= 0.6 is 11.3 Å². The highest BCUT2D eigenvalue weighted by molar-refractivity contribution is 7.89. The van der Waals surface area contributed by atoms with Gasteiger partial charge in [0.2, 0.25) is 10.0 Å². The molecule has 0 spiro atoms. The van der Waals surface area contributed by atoms with Gasteiger partial charge in [-0.1, -0.05) is 0 Å². The summed E-state index contributed by atoms with van der Waals surface area (Å²) in [6.45, 7) is 3.13. The third-order valence-electron chi connectivity index (χ3n) is 4.26. The normalized spacial score (nSPS) is 20.3. The highest BCUT2D eigenvalue weighted by atomic mass is 32.2. The summed E-state index contributed by atoms with van der Waals surface area (Å²) < 4.78 is 22.0. The molecule has 3 rings (SSSR count). The van der Waals surface area contributed by atoms with Crippen molar-refractivity contribution >= 4 is 27.3 Å². The molecule has 1 amide bonds. The second kappa shape index (κ2) is 6.27. The molecule has 2 fully saturated rings. The molecule has 1 saturated carbocycles. The zero-order valence-electron chi connectivity index (χ0n) is 12.4. The van der Waals surface area contributed by atoms with E-state index in [0.29, 0.717) is 38.6 Å². The Kier molecular flexibility index (Phi) is 4.54. The van der Waals surface area contributed by atoms with Crippen LogP contribution in [-0.2, 0) is 10.0 Å². The van der Waals surface area contributed by atoms with Crippen LogP contribution in [0.15, 0.2) is 11.4 Å². The number of rotatable bonds is 5. The van der Waals surface area contributed by atoms with Crippen molar-refractivity contribution in [3.63, 3.8) is 0 Å². The zero-order valence-corrected chi connectivity index (χ0v) is 14.0. The van der Waals surface area contributed by atoms with Crippen molar-refractivity contribution in [2.45, 2.75) is 18.8 Å². The average molecular weight is 343 g/mol. The maximum Gasteiger partial charge on any atom is 0.264 e. The Morgan fingerprint density at radius 3 is 2.55 bits per heavy atom. The highest BCUT2D eigenvalue weighted by Gasteiger charge is 2.31. The Morgan fingerprint density at radius 2 is 1.95 bits per heavy atom. The van der Waals surface area contributed by atoms with Gasteiger partial charge in [-0.2, -0.15) is 0 Å². The Bertz CT molecular complexity index is 644. The van der Waals surface area contributed by atoms with Crippen molar-refractivity contribution in [1.82, 2.24) is 9.80 Å². The standard InChI is InChI=1S/C14H21N3O3S2/c15-22(19,20)10-8-16-4-6-17(7-5-16)14(18)13-12(3-9-21-13)11-1-2-11/h3,9,11H,1-2,4-8,10H2,(H2,15,19,20). The van der Waals surface area contributed by atoms with E-state index < -0.39 is 10.0 Å². The molecule has 1 aromatic rings. The van der Waals surface area contributed by atoms with Crippen molar-refractivity contribution in [2.75, 3.05) is 38.5 Å². The van der Waals surface area contributed by atoms with Crippen LogP contribution in [-0.4, -0.2) is 62.6 Å². The van der Waals surface area contributed by atoms with Crippen molar-refractivity contribution < 1.29 is 13.2 Å². The first-order valence-electron chi connectivity index (χ1n) is 7.53. The number of hydrogen-bond acceptors (Lipinski definition) is 5. The Balaban J connectivity index is 1.54. The van der Waals surface area contributed by atoms with Gasteiger partial charge in [-0.3, -0.25) is 9.69 Å². The van der Waals surface area contributed by atoms with Gasteiger partial charge in [0.05, 0.1) is 10.6 Å². The Morgan fingerprint density at radius 1 is 1.27 bits per heavy atom. The fraction of sp³-hybridized carbons (Fsp3) is 0.643. The first kappa shape index (κ1) is 15.9. The number of carbonyl (C=O) groups excluding carboxylic acids is 1. The minimum atomic E-state index is -3.42. The summed E-state index contributed by atoms with van der Waals surface area (Å²) in [5, 5.41) is 7.03. The van der Waals surface area contributed by atoms with Crippen molar-refractivity contribution in [3.8, 4) is 0 Å². The number of sulfonamides is 1. The summed E-state index contributed by atoms with van der Waals surface area (Å²) in [6, 6.07) is 2.08. The largest absolute Gasteiger partial charge is 0.335 e. The maximum atomic E-state index is 12.6. The predicted octanol–water partition coefficient (Wildman–Crippen LogP) is 0.672. The molecule has 0 radical (unpaired) electrons. The van der Waals surface area contributed by atoms with Crippen molar-refractivity contribution in [1.29, 1.82) is 0 Å². The fourth-order valence-corrected chi connectivity index (χ4v) is 4.25. The van der Waals surface area contributed by atoms with E-state index in [9.17, 15) is 13.2 Å². The second-order valence-electron chi connectivity index (χ2n) is 5.98. The van der Waals surface area contributed by atoms with E-state index in [1.807, 2.05) is 15.2 Å². The van der Waals surface area contributed by atoms with Gasteiger partial charge in [0.1, 0.15) is 0 Å². The lowest BCUT2D eigenvalue weighted by atomic mass is 10.1. The molecule has 2 N–H and O–H groups in total. The van der Waals surface area contributed by atoms with Gasteiger partial charge in [0.15, 0.2) is 0 Å². The highest BCUT2D eigenvalue weighted by Crippen LogP contribution is 2.43. The number of primary sulfonamides is 1. The summed E-state index contributed by atoms with van der Waals surface area (Å²) in [6.07, 6.45) is 2.39. The topological polar surface area (TPSA) is 83.7 Å². The summed E-state index contributed by atoms with van der Waals surface area (Å²) in [5.41, 5.74) is 1.21. The summed E-state index contributed by atoms with van der Waals surface area (Å²) in [7, 11) is -3.42. The van der Waals surface area contributed by atoms with Gasteiger partial charge in [-0.25, -0.2) is 13.6 Å². The first-order valence-corrected chi connectivity index (χ1v) is 10.1. The molecule has 1 saturated heterocycles. The molecule has 2 heterocycles. The Hall–Kier alpha value is -0.960. The fourth-order valence-electron chi connectivity index (χ4n) is 2.78. The van der Waals surface area contributed by atoms with Gasteiger partial charge in [0.25, 0.3) is 5.91 Å². The quantitative estimate of drug-likeness (QED) is 0.852. The van der Waals surface area contributed by atoms with Gasteiger partial charge >= 0.3 is 0 Å². The third kappa shape index (κ3) is 3.87. The number of piperazine rings is 1. The molecule has 0 bridgehead atoms. The van der Waals surface area contributed by atoms with Crippen LogP contribution in [0.5, 0.6) is 0 Å². The van der Waals surface area contributed by atoms with Crippen LogP contribution in [0.3, 0.4) is 0 Å². The monoisotopic (exact) mass is 343 g/mol. The summed E-state index contributed by atoms with van der Waals surface area (Å²) >= 11 is 1.53. The predicted molar refractivity (Wildman–Crippen MR) is 86.6 cm³/mol. The minimum Gasteiger partial charge on any atom is -0.335 e. The molecule has 0 unspecified atom stereocenters. The minimum absolute atomic E-state index is 0.0301. The maximum absolute atomic E-state index is 12.6. The number of hydrogen-bond donors (Lipinski definition) is 1. The molecular weight excluding hydrogens is 322 g/mol. The molecule has 8 heteroatoms. The van der Waals surface area contributed by atoms with Gasteiger partial charge < -0.3 is 4.90 Å². The molecule has 6 nitrogen and oxygen atoms in total. The molecule has 2 aliphatic rings. The van der Waals surface area contributed by atoms with E-state index in [-0.39, 0.29) is 11.7 Å². The smallest absolute Gasteiger partial charge is 0.264 e. The molecule has 0 aromatic carbocycles. The van der Waals surface area contributed by atoms with Crippen LogP contribution in [0.25, 0.3) is 0 Å². The lowest BCUT2D eigenvalue weighted by Crippen LogP contribution is -2.49. The lowest BCUT2D eigenvalue weighted by molar-refractivity contribution is 0.0648. The van der Waals surface area contributed by atoms with Crippen molar-refractivity contribution in [3.05, 3.63) is 21.9 Å². The molecular formula is C14H21N3O3S2. The van der Waals surface area contributed by atoms with Crippen LogP contribution < -0.4 is 5.14 Å². The summed E-state index contributed by atoms with van der Waals surface area (Å²) in [5.74, 6) is 0.682. The molecule has 122 valence electrons. The van der Waals surface area contributed by atoms with E-state index in [4.69, 9.17) is 5.14 Å². The number of nitrogens with zero attached hydrogens (tertiary/aromatic N) is 2. The lowest BCUT2D eigenvalue weighted by Gasteiger charge is -2.34. The van der Waals surface area contributed by atoms with Crippen molar-refractivity contribution in [2.24, 2.45) is 5.14 Å². The first-order chi connectivity index (χ1) is 10.4. The second-order valence-corrected chi connectivity index (χ2v) is 8.63. The molecule has 1 aromatic heterocycles. The van der Waals surface area contributed by atoms with E-state index in [1.54, 1.807) is 0 Å². The molecule has 1 aliphatic heterocycles. The van der Waals surface area contributed by atoms with Crippen LogP contribution in [0, 0.1) is 0 Å². The van der Waals surface area contributed by atoms with E-state index in [1.165, 1.54) is 29.7 Å². The van der Waals surface area contributed by atoms with E-state index in [2.05, 4.69) is 6.07 Å². The van der Waals surface area contributed by atoms with E-state index >= 15 is 0 Å². The number of carbonyl (C=O) groups is 1. The molecule has 1 aliphatic carbocycles. The molecule has 0 atom stereocenters. The Labute approximate surface area is 134 Å². The van der Waals surface area contributed by atoms with Crippen LogP contribution in [0.2, 0.25) is 0 Å². The number of nitrogens with two attached hydrogens (primary N) is 1. The third-order valence-corrected chi connectivity index (χ3v) is 5.93. The van der Waals surface area contributed by atoms with Crippen LogP contribution in [0.1, 0.15) is 34.0 Å². The van der Waals surface area contributed by atoms with Gasteiger partial charge in [0, 0.05) is 32.7 Å². The molecule has 22 heavy (non-hydrogen) atoms. The van der Waals surface area contributed by atoms with E-state index in [0.717, 1.165) is 4.88 Å². The van der Waals surface area contributed by atoms with Gasteiger partial charge in [-0.15, -0.1) is 11.3 Å². The number of thiophene rings is 1. The van der Waals surface area contributed by atoms with Crippen LogP contribution in [0.4, 0.5) is 0 Å². The average Bonchev–Trinajstić information content (AvgIpc) is 3.21. The number of amides is 1.